The Morgan fingerprint density at radius 3 is 2.34 bits per heavy atom. The van der Waals surface area contributed by atoms with Gasteiger partial charge in [-0.25, -0.2) is 4.98 Å². The summed E-state index contributed by atoms with van der Waals surface area (Å²) in [5.41, 5.74) is 1.45. The number of benzene rings is 2. The van der Waals surface area contributed by atoms with Crippen LogP contribution in [0.4, 0.5) is 30.5 Å². The highest BCUT2D eigenvalue weighted by Gasteiger charge is 2.31. The Morgan fingerprint density at radius 1 is 1.06 bits per heavy atom. The van der Waals surface area contributed by atoms with E-state index in [4.69, 9.17) is 11.6 Å². The van der Waals surface area contributed by atoms with E-state index in [1.807, 2.05) is 32.0 Å². The van der Waals surface area contributed by atoms with E-state index in [1.54, 1.807) is 6.92 Å². The van der Waals surface area contributed by atoms with E-state index in [0.717, 1.165) is 33.9 Å². The van der Waals surface area contributed by atoms with Gasteiger partial charge in [-0.2, -0.15) is 13.2 Å². The normalized spacial score (nSPS) is 11.3. The van der Waals surface area contributed by atoms with Gasteiger partial charge in [-0.3, -0.25) is 14.2 Å². The van der Waals surface area contributed by atoms with Crippen LogP contribution < -0.4 is 16.2 Å². The number of nitrogens with one attached hydrogen (secondary N) is 2. The molecule has 10 heteroatoms. The summed E-state index contributed by atoms with van der Waals surface area (Å²) in [6.07, 6.45) is -4.59. The largest absolute Gasteiger partial charge is 0.416 e. The van der Waals surface area contributed by atoms with Crippen LogP contribution in [0.25, 0.3) is 0 Å². The molecule has 168 valence electrons. The second-order valence-corrected chi connectivity index (χ2v) is 7.79. The molecule has 0 saturated carbocycles. The number of aryl methyl sites for hydroxylation is 3. The molecule has 1 heterocycles. The second-order valence-electron chi connectivity index (χ2n) is 7.39. The fourth-order valence-electron chi connectivity index (χ4n) is 3.18. The molecule has 3 aromatic rings. The van der Waals surface area contributed by atoms with E-state index < -0.39 is 29.8 Å². The molecule has 32 heavy (non-hydrogen) atoms. The number of hydrogen-bond acceptors (Lipinski definition) is 4. The van der Waals surface area contributed by atoms with Crippen LogP contribution in [-0.2, 0) is 17.5 Å². The zero-order valence-electron chi connectivity index (χ0n) is 17.5. The third-order valence-corrected chi connectivity index (χ3v) is 4.81. The Kier molecular flexibility index (Phi) is 6.59. The molecule has 6 nitrogen and oxygen atoms in total. The van der Waals surface area contributed by atoms with Gasteiger partial charge in [0.1, 0.15) is 6.54 Å². The maximum absolute atomic E-state index is 13.0. The Hall–Kier alpha value is -3.33. The van der Waals surface area contributed by atoms with E-state index in [1.165, 1.54) is 6.07 Å². The lowest BCUT2D eigenvalue weighted by Crippen LogP contribution is -2.30. The summed E-state index contributed by atoms with van der Waals surface area (Å²) in [5, 5.41) is 5.32. The van der Waals surface area contributed by atoms with Gasteiger partial charge in [-0.1, -0.05) is 17.7 Å². The molecule has 0 aliphatic rings. The summed E-state index contributed by atoms with van der Waals surface area (Å²) in [5.74, 6) is -0.604. The molecule has 1 amide bonds. The quantitative estimate of drug-likeness (QED) is 0.542. The van der Waals surface area contributed by atoms with Gasteiger partial charge in [0.25, 0.3) is 5.56 Å². The highest BCUT2D eigenvalue weighted by molar-refractivity contribution is 6.33. The van der Waals surface area contributed by atoms with Gasteiger partial charge in [0.2, 0.25) is 11.9 Å². The average molecular weight is 465 g/mol. The summed E-state index contributed by atoms with van der Waals surface area (Å²) >= 11 is 5.94. The van der Waals surface area contributed by atoms with Crippen LogP contribution in [0.2, 0.25) is 5.02 Å². The molecule has 0 saturated heterocycles. The number of amides is 1. The van der Waals surface area contributed by atoms with Crippen LogP contribution in [0, 0.1) is 20.8 Å². The molecular weight excluding hydrogens is 445 g/mol. The minimum atomic E-state index is -4.59. The highest BCUT2D eigenvalue weighted by atomic mass is 35.5. The van der Waals surface area contributed by atoms with E-state index in [2.05, 4.69) is 15.6 Å². The van der Waals surface area contributed by atoms with Crippen molar-refractivity contribution in [1.82, 2.24) is 9.55 Å². The van der Waals surface area contributed by atoms with Crippen LogP contribution in [0.5, 0.6) is 0 Å². The maximum atomic E-state index is 13.0. The first-order valence-electron chi connectivity index (χ1n) is 9.53. The van der Waals surface area contributed by atoms with Gasteiger partial charge < -0.3 is 10.6 Å². The summed E-state index contributed by atoms with van der Waals surface area (Å²) in [6, 6.07) is 9.56. The van der Waals surface area contributed by atoms with Crippen molar-refractivity contribution in [1.29, 1.82) is 0 Å². The summed E-state index contributed by atoms with van der Waals surface area (Å²) in [6.45, 7) is 5.00. The molecule has 0 radical (unpaired) electrons. The number of nitrogens with zero attached hydrogens (tertiary/aromatic N) is 2. The first kappa shape index (κ1) is 23.3. The molecule has 0 spiro atoms. The maximum Gasteiger partial charge on any atom is 0.416 e. The zero-order chi connectivity index (χ0) is 23.6. The van der Waals surface area contributed by atoms with Crippen molar-refractivity contribution in [2.75, 3.05) is 10.6 Å². The van der Waals surface area contributed by atoms with E-state index in [0.29, 0.717) is 11.4 Å². The van der Waals surface area contributed by atoms with Gasteiger partial charge in [0.15, 0.2) is 0 Å². The molecule has 0 unspecified atom stereocenters. The monoisotopic (exact) mass is 464 g/mol. The number of anilines is 3. The van der Waals surface area contributed by atoms with Crippen LogP contribution >= 0.6 is 11.6 Å². The molecule has 0 aliphatic heterocycles. The van der Waals surface area contributed by atoms with Crippen molar-refractivity contribution in [3.05, 3.63) is 80.2 Å². The standard InChI is InChI=1S/C22H20ClF3N4O2/c1-12-6-13(2)8-16(7-12)28-21-27-14(3)9-20(32)30(21)11-19(31)29-18-10-15(22(24,25)26)4-5-17(18)23/h4-10H,11H2,1-3H3,(H,27,28)(H,29,31). The second kappa shape index (κ2) is 9.04. The third-order valence-electron chi connectivity index (χ3n) is 4.48. The van der Waals surface area contributed by atoms with Crippen LogP contribution in [0.1, 0.15) is 22.4 Å². The van der Waals surface area contributed by atoms with Gasteiger partial charge in [-0.05, 0) is 62.2 Å². The molecule has 0 fully saturated rings. The predicted molar refractivity (Wildman–Crippen MR) is 118 cm³/mol. The van der Waals surface area contributed by atoms with Crippen LogP contribution in [-0.4, -0.2) is 15.5 Å². The lowest BCUT2D eigenvalue weighted by Gasteiger charge is -2.16. The van der Waals surface area contributed by atoms with E-state index >= 15 is 0 Å². The fraction of sp³-hybridized carbons (Fsp3) is 0.227. The first-order valence-corrected chi connectivity index (χ1v) is 9.90. The predicted octanol–water partition coefficient (Wildman–Crippen LogP) is 5.22. The molecule has 2 N–H and O–H groups in total. The van der Waals surface area contributed by atoms with E-state index in [-0.39, 0.29) is 16.7 Å². The van der Waals surface area contributed by atoms with Gasteiger partial charge >= 0.3 is 6.18 Å². The molecule has 0 aliphatic carbocycles. The van der Waals surface area contributed by atoms with Crippen molar-refractivity contribution in [2.24, 2.45) is 0 Å². The summed E-state index contributed by atoms with van der Waals surface area (Å²) in [7, 11) is 0. The Balaban J connectivity index is 1.89. The van der Waals surface area contributed by atoms with Crippen LogP contribution in [0.3, 0.4) is 0 Å². The van der Waals surface area contributed by atoms with Crippen molar-refractivity contribution in [3.8, 4) is 0 Å². The Morgan fingerprint density at radius 2 is 1.72 bits per heavy atom. The topological polar surface area (TPSA) is 76.0 Å². The van der Waals surface area contributed by atoms with Gasteiger partial charge in [0, 0.05) is 17.4 Å². The number of halogens is 4. The van der Waals surface area contributed by atoms with Gasteiger partial charge in [-0.15, -0.1) is 0 Å². The number of carbonyl (C=O) groups excluding carboxylic acids is 1. The molecule has 0 bridgehead atoms. The Bertz CT molecular complexity index is 1220. The highest BCUT2D eigenvalue weighted by Crippen LogP contribution is 2.33. The van der Waals surface area contributed by atoms with E-state index in [9.17, 15) is 22.8 Å². The Labute approximate surface area is 187 Å². The summed E-state index contributed by atoms with van der Waals surface area (Å²) < 4.78 is 40.0. The van der Waals surface area contributed by atoms with Crippen molar-refractivity contribution in [2.45, 2.75) is 33.5 Å². The van der Waals surface area contributed by atoms with Crippen molar-refractivity contribution in [3.63, 3.8) is 0 Å². The molecule has 2 aromatic carbocycles. The smallest absolute Gasteiger partial charge is 0.325 e. The summed E-state index contributed by atoms with van der Waals surface area (Å²) in [4.78, 5) is 29.4. The van der Waals surface area contributed by atoms with Crippen LogP contribution in [0.15, 0.2) is 47.3 Å². The lowest BCUT2D eigenvalue weighted by atomic mass is 10.1. The number of hydrogen-bond donors (Lipinski definition) is 2. The third kappa shape index (κ3) is 5.67. The first-order chi connectivity index (χ1) is 14.9. The van der Waals surface area contributed by atoms with Gasteiger partial charge in [0.05, 0.1) is 16.3 Å². The number of rotatable bonds is 5. The van der Waals surface area contributed by atoms with Crippen molar-refractivity contribution < 1.29 is 18.0 Å². The fourth-order valence-corrected chi connectivity index (χ4v) is 3.34. The minimum absolute atomic E-state index is 0.0608. The number of carbonyl (C=O) groups is 1. The zero-order valence-corrected chi connectivity index (χ0v) is 18.2. The molecule has 0 atom stereocenters. The number of aromatic nitrogens is 2. The number of alkyl halides is 3. The lowest BCUT2D eigenvalue weighted by molar-refractivity contribution is -0.137. The molecular formula is C22H20ClF3N4O2. The molecule has 1 aromatic heterocycles. The SMILES string of the molecule is Cc1cc(C)cc(Nc2nc(C)cc(=O)n2CC(=O)Nc2cc(C(F)(F)F)ccc2Cl)c1. The van der Waals surface area contributed by atoms with Crippen molar-refractivity contribution >= 4 is 34.8 Å². The average Bonchev–Trinajstić information content (AvgIpc) is 2.64. The minimum Gasteiger partial charge on any atom is -0.325 e. The molecule has 3 rings (SSSR count).